The zero-order chi connectivity index (χ0) is 11.0. The number of benzene rings is 2. The molecule has 0 amide bonds. The van der Waals surface area contributed by atoms with Crippen molar-refractivity contribution in [2.24, 2.45) is 0 Å². The van der Waals surface area contributed by atoms with Gasteiger partial charge >= 0.3 is 0 Å². The summed E-state index contributed by atoms with van der Waals surface area (Å²) in [5, 5.41) is 2.43. The van der Waals surface area contributed by atoms with Gasteiger partial charge in [-0.15, -0.1) is 0 Å². The van der Waals surface area contributed by atoms with Crippen LogP contribution in [-0.4, -0.2) is 6.29 Å². The molecule has 0 bridgehead atoms. The smallest absolute Gasteiger partial charge is 0.150 e. The fourth-order valence-electron chi connectivity index (χ4n) is 1.96. The van der Waals surface area contributed by atoms with Crippen LogP contribution in [0.3, 0.4) is 0 Å². The van der Waals surface area contributed by atoms with Crippen LogP contribution in [0.2, 0.25) is 0 Å². The van der Waals surface area contributed by atoms with E-state index >= 15 is 0 Å². The van der Waals surface area contributed by atoms with E-state index in [9.17, 15) is 4.79 Å². The minimum absolute atomic E-state index is 0.783. The van der Waals surface area contributed by atoms with E-state index in [4.69, 9.17) is 0 Å². The first-order valence-corrected chi connectivity index (χ1v) is 5.10. The molecule has 0 radical (unpaired) electrons. The van der Waals surface area contributed by atoms with Gasteiger partial charge in [0, 0.05) is 5.56 Å². The second kappa shape index (κ2) is 3.50. The molecular weight excluding hydrogens is 184 g/mol. The summed E-state index contributed by atoms with van der Waals surface area (Å²) in [5.74, 6) is 0. The summed E-state index contributed by atoms with van der Waals surface area (Å²) in [4.78, 5) is 10.8. The first-order chi connectivity index (χ1) is 7.15. The first-order valence-electron chi connectivity index (χ1n) is 5.10. The van der Waals surface area contributed by atoms with E-state index in [1.165, 1.54) is 21.9 Å². The summed E-state index contributed by atoms with van der Waals surface area (Å²) in [6.45, 7) is 6.23. The topological polar surface area (TPSA) is 17.1 Å². The van der Waals surface area contributed by atoms with Gasteiger partial charge in [-0.3, -0.25) is 4.79 Å². The van der Waals surface area contributed by atoms with Gasteiger partial charge in [-0.1, -0.05) is 24.3 Å². The highest BCUT2D eigenvalue weighted by Crippen LogP contribution is 2.25. The molecular formula is C14H14O. The van der Waals surface area contributed by atoms with E-state index < -0.39 is 0 Å². The van der Waals surface area contributed by atoms with Gasteiger partial charge in [0.1, 0.15) is 6.29 Å². The molecule has 0 aliphatic rings. The van der Waals surface area contributed by atoms with Crippen molar-refractivity contribution in [3.63, 3.8) is 0 Å². The normalized spacial score (nSPS) is 10.6. The third-order valence-electron chi connectivity index (χ3n) is 3.18. The van der Waals surface area contributed by atoms with Crippen molar-refractivity contribution in [2.75, 3.05) is 0 Å². The number of carbonyl (C=O) groups is 1. The first kappa shape index (κ1) is 9.91. The monoisotopic (exact) mass is 198 g/mol. The lowest BCUT2D eigenvalue weighted by atomic mass is 9.95. The van der Waals surface area contributed by atoms with Crippen LogP contribution in [0.25, 0.3) is 10.8 Å². The molecule has 0 saturated heterocycles. The molecule has 1 heteroatoms. The van der Waals surface area contributed by atoms with Crippen LogP contribution in [0.15, 0.2) is 24.3 Å². The highest BCUT2D eigenvalue weighted by atomic mass is 16.1. The van der Waals surface area contributed by atoms with Gasteiger partial charge in [-0.2, -0.15) is 0 Å². The van der Waals surface area contributed by atoms with Crippen LogP contribution in [0.5, 0.6) is 0 Å². The molecule has 2 aromatic rings. The van der Waals surface area contributed by atoms with Gasteiger partial charge in [-0.05, 0) is 48.2 Å². The van der Waals surface area contributed by atoms with E-state index in [-0.39, 0.29) is 0 Å². The Morgan fingerprint density at radius 2 is 1.47 bits per heavy atom. The van der Waals surface area contributed by atoms with Gasteiger partial charge in [0.15, 0.2) is 0 Å². The highest BCUT2D eigenvalue weighted by Gasteiger charge is 2.05. The van der Waals surface area contributed by atoms with Crippen molar-refractivity contribution in [2.45, 2.75) is 20.8 Å². The Labute approximate surface area is 89.7 Å². The Morgan fingerprint density at radius 3 is 2.13 bits per heavy atom. The van der Waals surface area contributed by atoms with Gasteiger partial charge in [0.25, 0.3) is 0 Å². The average Bonchev–Trinajstić information content (AvgIpc) is 2.24. The molecule has 0 fully saturated rings. The summed E-state index contributed by atoms with van der Waals surface area (Å²) in [6, 6.07) is 8.14. The fraction of sp³-hybridized carbons (Fsp3) is 0.214. The molecule has 76 valence electrons. The maximum atomic E-state index is 10.8. The molecule has 0 unspecified atom stereocenters. The largest absolute Gasteiger partial charge is 0.298 e. The minimum Gasteiger partial charge on any atom is -0.298 e. The summed E-state index contributed by atoms with van der Waals surface area (Å²) >= 11 is 0. The summed E-state index contributed by atoms with van der Waals surface area (Å²) in [5.41, 5.74) is 4.45. The lowest BCUT2D eigenvalue weighted by molar-refractivity contribution is 0.112. The predicted octanol–water partition coefficient (Wildman–Crippen LogP) is 3.58. The Morgan fingerprint density at radius 1 is 0.867 bits per heavy atom. The molecule has 2 rings (SSSR count). The quantitative estimate of drug-likeness (QED) is 0.640. The molecule has 2 aromatic carbocycles. The van der Waals surface area contributed by atoms with Gasteiger partial charge in [0.2, 0.25) is 0 Å². The van der Waals surface area contributed by atoms with Gasteiger partial charge in [0.05, 0.1) is 0 Å². The Kier molecular flexibility index (Phi) is 2.31. The average molecular weight is 198 g/mol. The van der Waals surface area contributed by atoms with Crippen molar-refractivity contribution >= 4 is 17.1 Å². The minimum atomic E-state index is 0.783. The van der Waals surface area contributed by atoms with Gasteiger partial charge < -0.3 is 0 Å². The van der Waals surface area contributed by atoms with Crippen LogP contribution < -0.4 is 0 Å². The SMILES string of the molecule is Cc1ccc2c(C)c(C=O)ccc2c1C. The summed E-state index contributed by atoms with van der Waals surface area (Å²) < 4.78 is 0. The Bertz CT molecular complexity index is 539. The zero-order valence-electron chi connectivity index (χ0n) is 9.29. The second-order valence-corrected chi connectivity index (χ2v) is 4.00. The molecule has 0 spiro atoms. The molecule has 0 N–H and O–H groups in total. The predicted molar refractivity (Wildman–Crippen MR) is 63.5 cm³/mol. The van der Waals surface area contributed by atoms with Crippen molar-refractivity contribution < 1.29 is 4.79 Å². The Hall–Kier alpha value is -1.63. The third-order valence-corrected chi connectivity index (χ3v) is 3.18. The Balaban J connectivity index is 2.91. The van der Waals surface area contributed by atoms with Crippen LogP contribution in [0.4, 0.5) is 0 Å². The number of carbonyl (C=O) groups excluding carboxylic acids is 1. The van der Waals surface area contributed by atoms with E-state index in [0.717, 1.165) is 17.4 Å². The summed E-state index contributed by atoms with van der Waals surface area (Å²) in [6.07, 6.45) is 0.921. The number of aldehydes is 1. The molecule has 0 atom stereocenters. The molecule has 15 heavy (non-hydrogen) atoms. The van der Waals surface area contributed by atoms with Crippen LogP contribution in [-0.2, 0) is 0 Å². The number of fused-ring (bicyclic) bond motifs is 1. The molecule has 0 aromatic heterocycles. The number of aryl methyl sites for hydroxylation is 3. The van der Waals surface area contributed by atoms with Crippen molar-refractivity contribution in [1.29, 1.82) is 0 Å². The molecule has 0 aliphatic heterocycles. The number of hydrogen-bond acceptors (Lipinski definition) is 1. The van der Waals surface area contributed by atoms with E-state index in [2.05, 4.69) is 26.0 Å². The van der Waals surface area contributed by atoms with Crippen molar-refractivity contribution in [3.8, 4) is 0 Å². The van der Waals surface area contributed by atoms with E-state index in [1.54, 1.807) is 0 Å². The summed E-state index contributed by atoms with van der Waals surface area (Å²) in [7, 11) is 0. The lowest BCUT2D eigenvalue weighted by Gasteiger charge is -2.09. The fourth-order valence-corrected chi connectivity index (χ4v) is 1.96. The maximum Gasteiger partial charge on any atom is 0.150 e. The molecule has 1 nitrogen and oxygen atoms in total. The standard InChI is InChI=1S/C14H14O/c1-9-4-6-14-11(3)12(8-15)5-7-13(14)10(9)2/h4-8H,1-3H3. The zero-order valence-corrected chi connectivity index (χ0v) is 9.29. The highest BCUT2D eigenvalue weighted by molar-refractivity contribution is 5.95. The van der Waals surface area contributed by atoms with Crippen LogP contribution in [0.1, 0.15) is 27.0 Å². The number of rotatable bonds is 1. The lowest BCUT2D eigenvalue weighted by Crippen LogP contribution is -1.91. The third kappa shape index (κ3) is 1.44. The van der Waals surface area contributed by atoms with Crippen LogP contribution in [0, 0.1) is 20.8 Å². The maximum absolute atomic E-state index is 10.8. The second-order valence-electron chi connectivity index (χ2n) is 4.00. The molecule has 0 saturated carbocycles. The van der Waals surface area contributed by atoms with E-state index in [1.807, 2.05) is 19.1 Å². The van der Waals surface area contributed by atoms with Crippen molar-refractivity contribution in [3.05, 3.63) is 46.5 Å². The van der Waals surface area contributed by atoms with Crippen molar-refractivity contribution in [1.82, 2.24) is 0 Å². The van der Waals surface area contributed by atoms with E-state index in [0.29, 0.717) is 0 Å². The molecule has 0 aliphatic carbocycles. The number of hydrogen-bond donors (Lipinski definition) is 0. The molecule has 0 heterocycles. The van der Waals surface area contributed by atoms with Gasteiger partial charge in [-0.25, -0.2) is 0 Å². The van der Waals surface area contributed by atoms with Crippen LogP contribution >= 0.6 is 0 Å².